The predicted octanol–water partition coefficient (Wildman–Crippen LogP) is 3.55. The number of carboxylic acids is 1. The van der Waals surface area contributed by atoms with Crippen molar-refractivity contribution in [1.29, 1.82) is 0 Å². The molecular weight excluding hydrogens is 326 g/mol. The molecule has 0 amide bonds. The van der Waals surface area contributed by atoms with Crippen molar-refractivity contribution in [2.24, 2.45) is 0 Å². The first-order chi connectivity index (χ1) is 11.5. The Hall–Kier alpha value is -1.85. The number of nitrogens with zero attached hydrogens (tertiary/aromatic N) is 2. The van der Waals surface area contributed by atoms with E-state index in [-0.39, 0.29) is 6.54 Å². The number of hydrogen-bond acceptors (Lipinski definition) is 4. The summed E-state index contributed by atoms with van der Waals surface area (Å²) in [5.41, 5.74) is 1.91. The molecule has 0 aliphatic heterocycles. The summed E-state index contributed by atoms with van der Waals surface area (Å²) >= 11 is 6.18. The molecule has 1 aliphatic carbocycles. The quantitative estimate of drug-likeness (QED) is 0.836. The fraction of sp³-hybridized carbons (Fsp3) is 0.444. The molecule has 1 aromatic carbocycles. The molecule has 128 valence electrons. The molecule has 2 N–H and O–H groups in total. The number of hydrogen-bond donors (Lipinski definition) is 2. The topological polar surface area (TPSA) is 65.5 Å². The van der Waals surface area contributed by atoms with Gasteiger partial charge in [0.1, 0.15) is 5.82 Å². The Balaban J connectivity index is 1.65. The maximum Gasteiger partial charge on any atom is 0.317 e. The Bertz CT molecular complexity index is 759. The second-order valence-corrected chi connectivity index (χ2v) is 6.77. The highest BCUT2D eigenvalue weighted by atomic mass is 35.5. The van der Waals surface area contributed by atoms with Gasteiger partial charge in [-0.1, -0.05) is 24.6 Å². The van der Waals surface area contributed by atoms with E-state index in [2.05, 4.69) is 5.32 Å². The van der Waals surface area contributed by atoms with E-state index in [0.717, 1.165) is 46.7 Å². The zero-order valence-electron chi connectivity index (χ0n) is 13.9. The van der Waals surface area contributed by atoms with E-state index >= 15 is 0 Å². The zero-order chi connectivity index (χ0) is 17.3. The van der Waals surface area contributed by atoms with Gasteiger partial charge in [0.15, 0.2) is 0 Å². The summed E-state index contributed by atoms with van der Waals surface area (Å²) in [5.74, 6) is 0.0782. The van der Waals surface area contributed by atoms with Crippen LogP contribution in [0.1, 0.15) is 25.3 Å². The number of likely N-dealkylation sites (N-methyl/N-ethyl adjacent to an activating group) is 1. The van der Waals surface area contributed by atoms with Crippen LogP contribution in [0.25, 0.3) is 10.9 Å². The number of fused-ring (bicyclic) bond motifs is 1. The van der Waals surface area contributed by atoms with E-state index in [4.69, 9.17) is 21.7 Å². The van der Waals surface area contributed by atoms with Gasteiger partial charge in [0.25, 0.3) is 0 Å². The van der Waals surface area contributed by atoms with Crippen LogP contribution >= 0.6 is 11.6 Å². The third-order valence-corrected chi connectivity index (χ3v) is 5.18. The van der Waals surface area contributed by atoms with Gasteiger partial charge in [0.05, 0.1) is 12.1 Å². The molecule has 6 heteroatoms. The molecule has 1 heterocycles. The minimum absolute atomic E-state index is 0.111. The van der Waals surface area contributed by atoms with E-state index in [1.165, 1.54) is 0 Å². The lowest BCUT2D eigenvalue weighted by atomic mass is 9.85. The van der Waals surface area contributed by atoms with Crippen molar-refractivity contribution < 1.29 is 9.90 Å². The Morgan fingerprint density at radius 3 is 2.75 bits per heavy atom. The fourth-order valence-electron chi connectivity index (χ4n) is 3.27. The number of carbonyl (C=O) groups is 1. The number of aryl methyl sites for hydroxylation is 1. The molecule has 0 atom stereocenters. The molecule has 2 aromatic rings. The third-order valence-electron chi connectivity index (χ3n) is 4.78. The second-order valence-electron chi connectivity index (χ2n) is 6.36. The number of aliphatic carboxylic acids is 1. The van der Waals surface area contributed by atoms with E-state index in [1.807, 2.05) is 43.0 Å². The Morgan fingerprint density at radius 1 is 1.38 bits per heavy atom. The fourth-order valence-corrected chi connectivity index (χ4v) is 3.42. The normalized spacial score (nSPS) is 20.2. The maximum atomic E-state index is 10.9. The van der Waals surface area contributed by atoms with E-state index in [1.54, 1.807) is 0 Å². The van der Waals surface area contributed by atoms with Crippen LogP contribution in [0.5, 0.6) is 0 Å². The first kappa shape index (κ1) is 17.0. The van der Waals surface area contributed by atoms with Crippen LogP contribution in [-0.4, -0.2) is 46.1 Å². The number of aromatic nitrogens is 1. The average Bonchev–Trinajstić information content (AvgIpc) is 2.52. The minimum Gasteiger partial charge on any atom is -0.480 e. The van der Waals surface area contributed by atoms with Crippen molar-refractivity contribution in [1.82, 2.24) is 9.88 Å². The largest absolute Gasteiger partial charge is 0.480 e. The van der Waals surface area contributed by atoms with Crippen molar-refractivity contribution in [3.63, 3.8) is 0 Å². The molecule has 0 unspecified atom stereocenters. The summed E-state index contributed by atoms with van der Waals surface area (Å²) in [7, 11) is 0. The summed E-state index contributed by atoms with van der Waals surface area (Å²) in [4.78, 5) is 17.6. The molecule has 3 rings (SSSR count). The zero-order valence-corrected chi connectivity index (χ0v) is 14.7. The van der Waals surface area contributed by atoms with Gasteiger partial charge < -0.3 is 10.4 Å². The number of benzene rings is 1. The van der Waals surface area contributed by atoms with E-state index in [9.17, 15) is 4.79 Å². The molecule has 1 saturated carbocycles. The molecule has 0 radical (unpaired) electrons. The molecule has 0 saturated heterocycles. The van der Waals surface area contributed by atoms with Crippen LogP contribution in [-0.2, 0) is 4.79 Å². The van der Waals surface area contributed by atoms with E-state index < -0.39 is 5.97 Å². The first-order valence-electron chi connectivity index (χ1n) is 8.26. The summed E-state index contributed by atoms with van der Waals surface area (Å²) in [5, 5.41) is 14.2. The third kappa shape index (κ3) is 3.47. The van der Waals surface area contributed by atoms with Gasteiger partial charge in [-0.05, 0) is 50.1 Å². The van der Waals surface area contributed by atoms with Crippen molar-refractivity contribution in [2.75, 3.05) is 18.4 Å². The Morgan fingerprint density at radius 2 is 2.08 bits per heavy atom. The summed E-state index contributed by atoms with van der Waals surface area (Å²) in [6.45, 7) is 4.85. The number of carboxylic acid groups (broad SMARTS) is 1. The Kier molecular flexibility index (Phi) is 4.92. The number of anilines is 1. The molecule has 24 heavy (non-hydrogen) atoms. The second kappa shape index (κ2) is 6.95. The molecule has 1 fully saturated rings. The number of pyridine rings is 1. The summed E-state index contributed by atoms with van der Waals surface area (Å²) in [6.07, 6.45) is 1.88. The van der Waals surface area contributed by atoms with Crippen LogP contribution < -0.4 is 5.32 Å². The van der Waals surface area contributed by atoms with Gasteiger partial charge in [-0.25, -0.2) is 4.98 Å². The van der Waals surface area contributed by atoms with Gasteiger partial charge in [-0.15, -0.1) is 0 Å². The first-order valence-corrected chi connectivity index (χ1v) is 8.64. The number of nitrogens with one attached hydrogen (secondary N) is 1. The van der Waals surface area contributed by atoms with Crippen molar-refractivity contribution in [3.8, 4) is 0 Å². The van der Waals surface area contributed by atoms with Crippen LogP contribution in [0.4, 0.5) is 5.82 Å². The summed E-state index contributed by atoms with van der Waals surface area (Å²) < 4.78 is 0. The lowest BCUT2D eigenvalue weighted by Gasteiger charge is -2.42. The van der Waals surface area contributed by atoms with Gasteiger partial charge in [0.2, 0.25) is 0 Å². The van der Waals surface area contributed by atoms with Crippen LogP contribution in [0.3, 0.4) is 0 Å². The van der Waals surface area contributed by atoms with Crippen molar-refractivity contribution >= 4 is 34.3 Å². The molecule has 1 aromatic heterocycles. The van der Waals surface area contributed by atoms with E-state index in [0.29, 0.717) is 12.1 Å². The maximum absolute atomic E-state index is 10.9. The predicted molar refractivity (Wildman–Crippen MR) is 96.8 cm³/mol. The highest BCUT2D eigenvalue weighted by Gasteiger charge is 2.33. The smallest absolute Gasteiger partial charge is 0.317 e. The molecule has 1 aliphatic rings. The standard InChI is InChI=1S/C18H22ClN3O2/c1-3-22(10-17(23)24)14-8-13(9-14)20-16-7-5-12-4-6-15(19)11(2)18(12)21-16/h4-7,13-14H,3,8-10H2,1-2H3,(H,20,21)(H,23,24). The van der Waals surface area contributed by atoms with Crippen LogP contribution in [0, 0.1) is 6.92 Å². The average molecular weight is 348 g/mol. The Labute approximate surface area is 146 Å². The van der Waals surface area contributed by atoms with Gasteiger partial charge in [0, 0.05) is 22.5 Å². The molecule has 5 nitrogen and oxygen atoms in total. The monoisotopic (exact) mass is 347 g/mol. The van der Waals surface area contributed by atoms with Crippen LogP contribution in [0.15, 0.2) is 24.3 Å². The highest BCUT2D eigenvalue weighted by molar-refractivity contribution is 6.32. The summed E-state index contributed by atoms with van der Waals surface area (Å²) in [6, 6.07) is 8.57. The van der Waals surface area contributed by atoms with Crippen LogP contribution in [0.2, 0.25) is 5.02 Å². The number of rotatable bonds is 6. The van der Waals surface area contributed by atoms with Gasteiger partial charge in [-0.2, -0.15) is 0 Å². The SMILES string of the molecule is CCN(CC(=O)O)C1CC(Nc2ccc3ccc(Cl)c(C)c3n2)C1. The van der Waals surface area contributed by atoms with Crippen molar-refractivity contribution in [2.45, 2.75) is 38.8 Å². The lowest BCUT2D eigenvalue weighted by molar-refractivity contribution is -0.139. The highest BCUT2D eigenvalue weighted by Crippen LogP contribution is 2.30. The van der Waals surface area contributed by atoms with Gasteiger partial charge in [-0.3, -0.25) is 9.69 Å². The molecule has 0 spiro atoms. The number of halogens is 1. The van der Waals surface area contributed by atoms with Gasteiger partial charge >= 0.3 is 5.97 Å². The molecule has 0 bridgehead atoms. The molecular formula is C18H22ClN3O2. The lowest BCUT2D eigenvalue weighted by Crippen LogP contribution is -2.51. The minimum atomic E-state index is -0.767. The van der Waals surface area contributed by atoms with Crippen molar-refractivity contribution in [3.05, 3.63) is 34.9 Å².